The minimum absolute atomic E-state index is 0.110. The first-order valence-corrected chi connectivity index (χ1v) is 12.3. The molecule has 0 radical (unpaired) electrons. The van der Waals surface area contributed by atoms with Crippen molar-refractivity contribution in [2.24, 2.45) is 0 Å². The quantitative estimate of drug-likeness (QED) is 0.473. The Labute approximate surface area is 206 Å². The van der Waals surface area contributed by atoms with Crippen LogP contribution in [0.25, 0.3) is 11.1 Å². The average Bonchev–Trinajstić information content (AvgIpc) is 3.56. The van der Waals surface area contributed by atoms with Crippen LogP contribution >= 0.6 is 0 Å². The highest BCUT2D eigenvalue weighted by atomic mass is 16.6. The predicted molar refractivity (Wildman–Crippen MR) is 136 cm³/mol. The lowest BCUT2D eigenvalue weighted by Crippen LogP contribution is -2.32. The summed E-state index contributed by atoms with van der Waals surface area (Å²) in [6.07, 6.45) is 3.02. The zero-order chi connectivity index (χ0) is 24.0. The molecule has 0 aliphatic carbocycles. The van der Waals surface area contributed by atoms with Gasteiger partial charge in [-0.25, -0.2) is 4.79 Å². The topological polar surface area (TPSA) is 60.0 Å². The van der Waals surface area contributed by atoms with Crippen LogP contribution in [-0.4, -0.2) is 50.4 Å². The maximum absolute atomic E-state index is 11.2. The van der Waals surface area contributed by atoms with Crippen molar-refractivity contribution >= 4 is 6.09 Å². The SMILES string of the molecule is COc1cc(Cc2ccccc2-c2ccc(OCC3COC(=O)N3)cc2)ccc1CN1CCCC1. The van der Waals surface area contributed by atoms with Gasteiger partial charge >= 0.3 is 6.09 Å². The number of likely N-dealkylation sites (tertiary alicyclic amines) is 1. The van der Waals surface area contributed by atoms with E-state index >= 15 is 0 Å². The molecule has 0 aromatic heterocycles. The Bertz CT molecular complexity index is 1160. The van der Waals surface area contributed by atoms with Crippen molar-refractivity contribution in [3.63, 3.8) is 0 Å². The van der Waals surface area contributed by atoms with Crippen LogP contribution in [-0.2, 0) is 17.7 Å². The molecule has 2 fully saturated rings. The first-order valence-electron chi connectivity index (χ1n) is 12.3. The van der Waals surface area contributed by atoms with Crippen LogP contribution in [0.4, 0.5) is 4.79 Å². The molecule has 0 saturated carbocycles. The van der Waals surface area contributed by atoms with Crippen molar-refractivity contribution in [3.05, 3.63) is 83.4 Å². The molecule has 0 spiro atoms. The Kier molecular flexibility index (Phi) is 7.19. The Morgan fingerprint density at radius 2 is 1.80 bits per heavy atom. The number of methoxy groups -OCH3 is 1. The van der Waals surface area contributed by atoms with Crippen molar-refractivity contribution in [1.29, 1.82) is 0 Å². The van der Waals surface area contributed by atoms with Gasteiger partial charge in [0.15, 0.2) is 0 Å². The summed E-state index contributed by atoms with van der Waals surface area (Å²) >= 11 is 0. The van der Waals surface area contributed by atoms with Gasteiger partial charge in [-0.05, 0) is 72.8 Å². The van der Waals surface area contributed by atoms with Crippen molar-refractivity contribution in [2.75, 3.05) is 33.4 Å². The molecular formula is C29H32N2O4. The molecule has 182 valence electrons. The van der Waals surface area contributed by atoms with Crippen LogP contribution in [0.2, 0.25) is 0 Å². The maximum Gasteiger partial charge on any atom is 0.407 e. The number of cyclic esters (lactones) is 1. The van der Waals surface area contributed by atoms with E-state index in [4.69, 9.17) is 14.2 Å². The standard InChI is InChI=1S/C29H32N2O4/c1-33-28-17-21(8-9-24(28)18-31-14-4-5-15-31)16-23-6-2-3-7-27(23)22-10-12-26(13-11-22)34-19-25-20-35-29(32)30-25/h2-3,6-13,17,25H,4-5,14-16,18-20H2,1H3,(H,30,32). The van der Waals surface area contributed by atoms with Crippen LogP contribution < -0.4 is 14.8 Å². The molecule has 3 aromatic carbocycles. The number of hydrogen-bond donors (Lipinski definition) is 1. The highest BCUT2D eigenvalue weighted by Gasteiger charge is 2.22. The molecule has 2 saturated heterocycles. The number of amides is 1. The summed E-state index contributed by atoms with van der Waals surface area (Å²) in [6, 6.07) is 23.1. The third-order valence-electron chi connectivity index (χ3n) is 6.71. The van der Waals surface area contributed by atoms with Crippen LogP contribution in [0.3, 0.4) is 0 Å². The maximum atomic E-state index is 11.2. The molecule has 2 aliphatic heterocycles. The van der Waals surface area contributed by atoms with E-state index in [-0.39, 0.29) is 12.1 Å². The van der Waals surface area contributed by atoms with Crippen molar-refractivity contribution < 1.29 is 19.0 Å². The number of alkyl carbamates (subject to hydrolysis) is 1. The Morgan fingerprint density at radius 3 is 2.54 bits per heavy atom. The largest absolute Gasteiger partial charge is 0.496 e. The van der Waals surface area contributed by atoms with Crippen molar-refractivity contribution in [3.8, 4) is 22.6 Å². The van der Waals surface area contributed by atoms with Gasteiger partial charge in [-0.1, -0.05) is 48.5 Å². The highest BCUT2D eigenvalue weighted by molar-refractivity contribution is 5.70. The molecule has 3 aromatic rings. The molecule has 0 bridgehead atoms. The molecule has 6 nitrogen and oxygen atoms in total. The second kappa shape index (κ2) is 10.8. The van der Waals surface area contributed by atoms with Gasteiger partial charge in [-0.2, -0.15) is 0 Å². The van der Waals surface area contributed by atoms with Gasteiger partial charge in [-0.15, -0.1) is 0 Å². The van der Waals surface area contributed by atoms with E-state index < -0.39 is 0 Å². The van der Waals surface area contributed by atoms with Crippen LogP contribution in [0.1, 0.15) is 29.5 Å². The van der Waals surface area contributed by atoms with E-state index in [1.165, 1.54) is 48.2 Å². The number of ether oxygens (including phenoxy) is 3. The molecule has 1 atom stereocenters. The predicted octanol–water partition coefficient (Wildman–Crippen LogP) is 5.04. The normalized spacial score (nSPS) is 17.7. The molecule has 1 amide bonds. The molecule has 6 heteroatoms. The van der Waals surface area contributed by atoms with Gasteiger partial charge in [0.2, 0.25) is 0 Å². The van der Waals surface area contributed by atoms with E-state index in [9.17, 15) is 4.79 Å². The second-order valence-corrected chi connectivity index (χ2v) is 9.24. The van der Waals surface area contributed by atoms with Gasteiger partial charge in [-0.3, -0.25) is 4.90 Å². The average molecular weight is 473 g/mol. The number of carbonyl (C=O) groups is 1. The van der Waals surface area contributed by atoms with Gasteiger partial charge in [0.25, 0.3) is 0 Å². The minimum atomic E-state index is -0.385. The molecular weight excluding hydrogens is 440 g/mol. The Hall–Kier alpha value is -3.51. The van der Waals surface area contributed by atoms with Crippen LogP contribution in [0.15, 0.2) is 66.7 Å². The zero-order valence-electron chi connectivity index (χ0n) is 20.2. The smallest absolute Gasteiger partial charge is 0.407 e. The molecule has 1 unspecified atom stereocenters. The number of rotatable bonds is 9. The molecule has 35 heavy (non-hydrogen) atoms. The molecule has 2 heterocycles. The first kappa shape index (κ1) is 23.2. The van der Waals surface area contributed by atoms with E-state index in [0.29, 0.717) is 13.2 Å². The number of nitrogens with zero attached hydrogens (tertiary/aromatic N) is 1. The fourth-order valence-electron chi connectivity index (χ4n) is 4.83. The van der Waals surface area contributed by atoms with E-state index in [1.807, 2.05) is 12.1 Å². The van der Waals surface area contributed by atoms with E-state index in [0.717, 1.165) is 30.0 Å². The summed E-state index contributed by atoms with van der Waals surface area (Å²) in [5.74, 6) is 1.74. The van der Waals surface area contributed by atoms with Gasteiger partial charge in [0, 0.05) is 12.1 Å². The fraction of sp³-hybridized carbons (Fsp3) is 0.345. The monoisotopic (exact) mass is 472 g/mol. The van der Waals surface area contributed by atoms with E-state index in [2.05, 4.69) is 64.8 Å². The molecule has 5 rings (SSSR count). The third kappa shape index (κ3) is 5.77. The summed E-state index contributed by atoms with van der Waals surface area (Å²) in [5.41, 5.74) is 6.10. The van der Waals surface area contributed by atoms with Gasteiger partial charge in [0.1, 0.15) is 30.8 Å². The van der Waals surface area contributed by atoms with E-state index in [1.54, 1.807) is 7.11 Å². The lowest BCUT2D eigenvalue weighted by atomic mass is 9.94. The summed E-state index contributed by atoms with van der Waals surface area (Å²) in [5, 5.41) is 2.72. The summed E-state index contributed by atoms with van der Waals surface area (Å²) in [7, 11) is 1.76. The molecule has 2 aliphatic rings. The minimum Gasteiger partial charge on any atom is -0.496 e. The lowest BCUT2D eigenvalue weighted by molar-refractivity contribution is 0.174. The van der Waals surface area contributed by atoms with Gasteiger partial charge in [0.05, 0.1) is 7.11 Å². The summed E-state index contributed by atoms with van der Waals surface area (Å²) < 4.78 is 16.5. The molecule has 1 N–H and O–H groups in total. The number of hydrogen-bond acceptors (Lipinski definition) is 5. The lowest BCUT2D eigenvalue weighted by Gasteiger charge is -2.18. The Balaban J connectivity index is 1.28. The zero-order valence-corrected chi connectivity index (χ0v) is 20.2. The second-order valence-electron chi connectivity index (χ2n) is 9.24. The fourth-order valence-corrected chi connectivity index (χ4v) is 4.83. The Morgan fingerprint density at radius 1 is 1.00 bits per heavy atom. The van der Waals surface area contributed by atoms with Crippen LogP contribution in [0, 0.1) is 0 Å². The summed E-state index contributed by atoms with van der Waals surface area (Å²) in [4.78, 5) is 13.7. The van der Waals surface area contributed by atoms with Crippen molar-refractivity contribution in [1.82, 2.24) is 10.2 Å². The number of benzene rings is 3. The third-order valence-corrected chi connectivity index (χ3v) is 6.71. The summed E-state index contributed by atoms with van der Waals surface area (Å²) in [6.45, 7) is 4.03. The number of carbonyl (C=O) groups excluding carboxylic acids is 1. The first-order chi connectivity index (χ1) is 17.2. The van der Waals surface area contributed by atoms with Crippen molar-refractivity contribution in [2.45, 2.75) is 31.8 Å². The highest BCUT2D eigenvalue weighted by Crippen LogP contribution is 2.30. The van der Waals surface area contributed by atoms with Gasteiger partial charge < -0.3 is 19.5 Å². The number of nitrogens with one attached hydrogen (secondary N) is 1. The van der Waals surface area contributed by atoms with Crippen LogP contribution in [0.5, 0.6) is 11.5 Å².